The number of ether oxygens (including phenoxy) is 1. The van der Waals surface area contributed by atoms with E-state index >= 15 is 0 Å². The first-order valence-corrected chi connectivity index (χ1v) is 6.36. The largest absolute Gasteiger partial charge is 0.381 e. The van der Waals surface area contributed by atoms with Crippen LogP contribution in [0.3, 0.4) is 0 Å². The predicted molar refractivity (Wildman–Crippen MR) is 61.9 cm³/mol. The van der Waals surface area contributed by atoms with Crippen LogP contribution < -0.4 is 11.1 Å². The van der Waals surface area contributed by atoms with Crippen LogP contribution in [-0.2, 0) is 9.53 Å². The van der Waals surface area contributed by atoms with Crippen molar-refractivity contribution in [3.8, 4) is 0 Å². The van der Waals surface area contributed by atoms with E-state index in [2.05, 4.69) is 5.32 Å². The van der Waals surface area contributed by atoms with Crippen molar-refractivity contribution in [3.63, 3.8) is 0 Å². The van der Waals surface area contributed by atoms with Crippen LogP contribution in [-0.4, -0.2) is 31.2 Å². The lowest BCUT2D eigenvalue weighted by molar-refractivity contribution is -0.126. The van der Waals surface area contributed by atoms with Gasteiger partial charge in [0.15, 0.2) is 0 Å². The summed E-state index contributed by atoms with van der Waals surface area (Å²) >= 11 is 0. The Balaban J connectivity index is 1.74. The van der Waals surface area contributed by atoms with Crippen LogP contribution in [0.2, 0.25) is 0 Å². The highest BCUT2D eigenvalue weighted by Gasteiger charge is 2.36. The third-order valence-corrected chi connectivity index (χ3v) is 3.84. The number of hydrogen-bond donors (Lipinski definition) is 2. The number of nitrogens with one attached hydrogen (secondary N) is 1. The summed E-state index contributed by atoms with van der Waals surface area (Å²) in [5, 5.41) is 3.02. The molecule has 1 aliphatic carbocycles. The van der Waals surface area contributed by atoms with E-state index < -0.39 is 5.54 Å². The van der Waals surface area contributed by atoms with Gasteiger partial charge in [-0.2, -0.15) is 0 Å². The maximum Gasteiger partial charge on any atom is 0.240 e. The van der Waals surface area contributed by atoms with Crippen LogP contribution in [0.25, 0.3) is 0 Å². The van der Waals surface area contributed by atoms with Gasteiger partial charge in [-0.1, -0.05) is 12.8 Å². The van der Waals surface area contributed by atoms with Crippen LogP contribution in [0.4, 0.5) is 0 Å². The van der Waals surface area contributed by atoms with Gasteiger partial charge in [-0.25, -0.2) is 0 Å². The number of rotatable bonds is 3. The average Bonchev–Trinajstić information content (AvgIpc) is 2.76. The van der Waals surface area contributed by atoms with Gasteiger partial charge in [0.1, 0.15) is 0 Å². The molecule has 1 heterocycles. The van der Waals surface area contributed by atoms with Crippen LogP contribution in [0, 0.1) is 5.92 Å². The van der Waals surface area contributed by atoms with E-state index in [0.717, 1.165) is 58.3 Å². The lowest BCUT2D eigenvalue weighted by Gasteiger charge is -2.26. The number of carbonyl (C=O) groups excluding carboxylic acids is 1. The summed E-state index contributed by atoms with van der Waals surface area (Å²) in [6.07, 6.45) is 5.96. The Labute approximate surface area is 96.9 Å². The van der Waals surface area contributed by atoms with E-state index in [1.807, 2.05) is 0 Å². The molecule has 1 amide bonds. The number of carbonyl (C=O) groups is 1. The molecule has 2 fully saturated rings. The first-order valence-electron chi connectivity index (χ1n) is 6.36. The molecule has 0 bridgehead atoms. The molecule has 92 valence electrons. The van der Waals surface area contributed by atoms with Crippen molar-refractivity contribution in [1.29, 1.82) is 0 Å². The molecule has 4 nitrogen and oxygen atoms in total. The summed E-state index contributed by atoms with van der Waals surface area (Å²) in [4.78, 5) is 11.9. The van der Waals surface area contributed by atoms with Crippen molar-refractivity contribution in [2.75, 3.05) is 19.8 Å². The van der Waals surface area contributed by atoms with Crippen LogP contribution in [0.1, 0.15) is 38.5 Å². The number of amides is 1. The molecule has 0 spiro atoms. The quantitative estimate of drug-likeness (QED) is 0.748. The molecule has 0 aromatic heterocycles. The minimum Gasteiger partial charge on any atom is -0.381 e. The third kappa shape index (κ3) is 2.74. The summed E-state index contributed by atoms with van der Waals surface area (Å²) in [7, 11) is 0. The smallest absolute Gasteiger partial charge is 0.240 e. The molecule has 2 aliphatic rings. The highest BCUT2D eigenvalue weighted by molar-refractivity contribution is 5.86. The van der Waals surface area contributed by atoms with E-state index in [0.29, 0.717) is 5.92 Å². The molecule has 0 unspecified atom stereocenters. The number of hydrogen-bond acceptors (Lipinski definition) is 3. The molecular formula is C12H22N2O2. The lowest BCUT2D eigenvalue weighted by atomic mass is 9.96. The van der Waals surface area contributed by atoms with E-state index in [4.69, 9.17) is 10.5 Å². The molecule has 16 heavy (non-hydrogen) atoms. The predicted octanol–water partition coefficient (Wildman–Crippen LogP) is 0.801. The Kier molecular flexibility index (Phi) is 3.82. The average molecular weight is 226 g/mol. The van der Waals surface area contributed by atoms with Gasteiger partial charge in [-0.3, -0.25) is 4.79 Å². The normalized spacial score (nSPS) is 25.6. The van der Waals surface area contributed by atoms with Crippen molar-refractivity contribution >= 4 is 5.91 Å². The van der Waals surface area contributed by atoms with Crippen molar-refractivity contribution in [2.45, 2.75) is 44.1 Å². The minimum atomic E-state index is -0.578. The first-order chi connectivity index (χ1) is 7.71. The van der Waals surface area contributed by atoms with Crippen molar-refractivity contribution in [2.24, 2.45) is 11.7 Å². The lowest BCUT2D eigenvalue weighted by Crippen LogP contribution is -2.52. The van der Waals surface area contributed by atoms with Gasteiger partial charge in [0.05, 0.1) is 5.54 Å². The number of nitrogens with two attached hydrogens (primary N) is 1. The second kappa shape index (κ2) is 5.15. The zero-order chi connectivity index (χ0) is 11.4. The van der Waals surface area contributed by atoms with Gasteiger partial charge in [-0.05, 0) is 31.6 Å². The molecule has 1 saturated heterocycles. The van der Waals surface area contributed by atoms with Gasteiger partial charge < -0.3 is 15.8 Å². The van der Waals surface area contributed by atoms with Crippen molar-refractivity contribution < 1.29 is 9.53 Å². The van der Waals surface area contributed by atoms with Gasteiger partial charge >= 0.3 is 0 Å². The summed E-state index contributed by atoms with van der Waals surface area (Å²) < 4.78 is 5.29. The van der Waals surface area contributed by atoms with Crippen LogP contribution >= 0.6 is 0 Å². The molecule has 2 rings (SSSR count). The zero-order valence-corrected chi connectivity index (χ0v) is 9.84. The van der Waals surface area contributed by atoms with Crippen LogP contribution in [0.5, 0.6) is 0 Å². The Morgan fingerprint density at radius 2 is 1.94 bits per heavy atom. The van der Waals surface area contributed by atoms with E-state index in [1.54, 1.807) is 0 Å². The topological polar surface area (TPSA) is 64.4 Å². The Bertz CT molecular complexity index is 243. The minimum absolute atomic E-state index is 0.0523. The van der Waals surface area contributed by atoms with Gasteiger partial charge in [-0.15, -0.1) is 0 Å². The zero-order valence-electron chi connectivity index (χ0n) is 9.84. The molecule has 0 aromatic carbocycles. The summed E-state index contributed by atoms with van der Waals surface area (Å²) in [6, 6.07) is 0. The standard InChI is InChI=1S/C12H22N2O2/c13-12(5-1-2-6-12)11(15)14-9-10-3-7-16-8-4-10/h10H,1-9,13H2,(H,14,15). The van der Waals surface area contributed by atoms with Gasteiger partial charge in [0.25, 0.3) is 0 Å². The fourth-order valence-electron chi connectivity index (χ4n) is 2.60. The molecule has 1 saturated carbocycles. The molecular weight excluding hydrogens is 204 g/mol. The molecule has 4 heteroatoms. The monoisotopic (exact) mass is 226 g/mol. The maximum absolute atomic E-state index is 11.9. The summed E-state index contributed by atoms with van der Waals surface area (Å²) in [5.74, 6) is 0.624. The fraction of sp³-hybridized carbons (Fsp3) is 0.917. The van der Waals surface area contributed by atoms with Crippen molar-refractivity contribution in [1.82, 2.24) is 5.32 Å². The van der Waals surface area contributed by atoms with Gasteiger partial charge in [0, 0.05) is 19.8 Å². The Morgan fingerprint density at radius 3 is 2.56 bits per heavy atom. The highest BCUT2D eigenvalue weighted by Crippen LogP contribution is 2.27. The maximum atomic E-state index is 11.9. The van der Waals surface area contributed by atoms with E-state index in [9.17, 15) is 4.79 Å². The SMILES string of the molecule is NC1(C(=O)NCC2CCOCC2)CCCC1. The fourth-order valence-corrected chi connectivity index (χ4v) is 2.60. The van der Waals surface area contributed by atoms with Gasteiger partial charge in [0.2, 0.25) is 5.91 Å². The molecule has 0 atom stereocenters. The Morgan fingerprint density at radius 1 is 1.31 bits per heavy atom. The highest BCUT2D eigenvalue weighted by atomic mass is 16.5. The van der Waals surface area contributed by atoms with E-state index in [-0.39, 0.29) is 5.91 Å². The second-order valence-corrected chi connectivity index (χ2v) is 5.13. The van der Waals surface area contributed by atoms with Crippen molar-refractivity contribution in [3.05, 3.63) is 0 Å². The summed E-state index contributed by atoms with van der Waals surface area (Å²) in [5.41, 5.74) is 5.50. The first kappa shape index (κ1) is 11.9. The third-order valence-electron chi connectivity index (χ3n) is 3.84. The molecule has 3 N–H and O–H groups in total. The molecule has 1 aliphatic heterocycles. The summed E-state index contributed by atoms with van der Waals surface area (Å²) in [6.45, 7) is 2.42. The second-order valence-electron chi connectivity index (χ2n) is 5.13. The molecule has 0 radical (unpaired) electrons. The molecule has 0 aromatic rings. The van der Waals surface area contributed by atoms with E-state index in [1.165, 1.54) is 0 Å². The Hall–Kier alpha value is -0.610. The van der Waals surface area contributed by atoms with Crippen LogP contribution in [0.15, 0.2) is 0 Å².